The van der Waals surface area contributed by atoms with Crippen molar-refractivity contribution in [3.8, 4) is 0 Å². The lowest BCUT2D eigenvalue weighted by atomic mass is 10.1. The summed E-state index contributed by atoms with van der Waals surface area (Å²) in [6, 6.07) is 14.2. The van der Waals surface area contributed by atoms with E-state index in [2.05, 4.69) is 10.3 Å². The number of nitrogens with zero attached hydrogens (tertiary/aromatic N) is 2. The van der Waals surface area contributed by atoms with Crippen LogP contribution in [-0.4, -0.2) is 37.2 Å². The zero-order valence-corrected chi connectivity index (χ0v) is 13.6. The lowest BCUT2D eigenvalue weighted by molar-refractivity contribution is -0.110. The normalized spacial score (nSPS) is 18.9. The van der Waals surface area contributed by atoms with Crippen molar-refractivity contribution in [2.75, 3.05) is 36.6 Å². The summed E-state index contributed by atoms with van der Waals surface area (Å²) in [5, 5.41) is 6.85. The van der Waals surface area contributed by atoms with E-state index in [-0.39, 0.29) is 11.7 Å². The molecule has 1 fully saturated rings. The molecule has 0 unspecified atom stereocenters. The Kier molecular flexibility index (Phi) is 4.21. The highest BCUT2D eigenvalue weighted by atomic mass is 19.1. The third-order valence-electron chi connectivity index (χ3n) is 4.33. The summed E-state index contributed by atoms with van der Waals surface area (Å²) in [4.78, 5) is 12.4. The smallest absolute Gasteiger partial charge is 0.257 e. The van der Waals surface area contributed by atoms with Gasteiger partial charge in [0.1, 0.15) is 5.82 Å². The van der Waals surface area contributed by atoms with Crippen molar-refractivity contribution in [2.24, 2.45) is 0 Å². The third kappa shape index (κ3) is 3.14. The van der Waals surface area contributed by atoms with E-state index in [0.717, 1.165) is 18.8 Å². The van der Waals surface area contributed by atoms with Crippen LogP contribution in [0.5, 0.6) is 0 Å². The standard InChI is InChI=1S/C19H18FN3O2/c20-14-6-7-16-17(19(24)21-18(16)12-14)13-23(15-4-2-1-3-5-15)22-8-10-25-11-9-22/h1-7,12-13H,8-11H2,(H,21,24). The molecule has 0 bridgehead atoms. The molecule has 5 nitrogen and oxygen atoms in total. The minimum Gasteiger partial charge on any atom is -0.379 e. The molecule has 2 aromatic rings. The number of halogens is 1. The van der Waals surface area contributed by atoms with Crippen molar-refractivity contribution >= 4 is 22.9 Å². The quantitative estimate of drug-likeness (QED) is 0.874. The Hall–Kier alpha value is -2.70. The lowest BCUT2D eigenvalue weighted by Gasteiger charge is -2.36. The topological polar surface area (TPSA) is 44.8 Å². The Morgan fingerprint density at radius 1 is 1.12 bits per heavy atom. The van der Waals surface area contributed by atoms with Gasteiger partial charge in [0, 0.05) is 24.9 Å². The second kappa shape index (κ2) is 6.66. The molecule has 6 heteroatoms. The van der Waals surface area contributed by atoms with Crippen LogP contribution in [0.4, 0.5) is 15.8 Å². The van der Waals surface area contributed by atoms with Gasteiger partial charge in [-0.25, -0.2) is 9.40 Å². The van der Waals surface area contributed by atoms with Gasteiger partial charge in [0.2, 0.25) is 0 Å². The molecule has 1 saturated heterocycles. The van der Waals surface area contributed by atoms with Crippen LogP contribution in [0.1, 0.15) is 5.56 Å². The molecule has 2 heterocycles. The molecule has 0 atom stereocenters. The minimum atomic E-state index is -0.367. The highest BCUT2D eigenvalue weighted by molar-refractivity contribution is 6.31. The number of ether oxygens (including phenoxy) is 1. The molecule has 128 valence electrons. The SMILES string of the molecule is O=C1Nc2cc(F)ccc2C1=CN(c1ccccc1)N1CCOCC1. The van der Waals surface area contributed by atoms with E-state index in [9.17, 15) is 9.18 Å². The van der Waals surface area contributed by atoms with Crippen molar-refractivity contribution < 1.29 is 13.9 Å². The Morgan fingerprint density at radius 3 is 2.64 bits per heavy atom. The summed E-state index contributed by atoms with van der Waals surface area (Å²) >= 11 is 0. The number of anilines is 2. The first kappa shape index (κ1) is 15.8. The lowest BCUT2D eigenvalue weighted by Crippen LogP contribution is -2.46. The molecular weight excluding hydrogens is 321 g/mol. The molecular formula is C19H18FN3O2. The Bertz CT molecular complexity index is 817. The summed E-state index contributed by atoms with van der Waals surface area (Å²) in [6.45, 7) is 2.74. The largest absolute Gasteiger partial charge is 0.379 e. The highest BCUT2D eigenvalue weighted by Crippen LogP contribution is 2.33. The number of para-hydroxylation sites is 1. The first-order chi connectivity index (χ1) is 12.2. The molecule has 4 rings (SSSR count). The van der Waals surface area contributed by atoms with Gasteiger partial charge in [-0.2, -0.15) is 0 Å². The summed E-state index contributed by atoms with van der Waals surface area (Å²) in [5.41, 5.74) is 2.69. The maximum absolute atomic E-state index is 13.4. The molecule has 1 N–H and O–H groups in total. The molecule has 0 aromatic heterocycles. The van der Waals surface area contributed by atoms with Gasteiger partial charge in [0.15, 0.2) is 0 Å². The van der Waals surface area contributed by atoms with E-state index in [1.165, 1.54) is 12.1 Å². The van der Waals surface area contributed by atoms with E-state index < -0.39 is 0 Å². The average Bonchev–Trinajstić information content (AvgIpc) is 2.95. The summed E-state index contributed by atoms with van der Waals surface area (Å²) in [6.07, 6.45) is 1.82. The van der Waals surface area contributed by atoms with E-state index in [1.54, 1.807) is 6.07 Å². The fraction of sp³-hybridized carbons (Fsp3) is 0.211. The maximum atomic E-state index is 13.4. The first-order valence-electron chi connectivity index (χ1n) is 8.22. The molecule has 0 radical (unpaired) electrons. The molecule has 2 aliphatic heterocycles. The summed E-state index contributed by atoms with van der Waals surface area (Å²) in [5.74, 6) is -0.594. The molecule has 25 heavy (non-hydrogen) atoms. The van der Waals surface area contributed by atoms with Crippen LogP contribution < -0.4 is 10.3 Å². The van der Waals surface area contributed by atoms with Gasteiger partial charge < -0.3 is 10.1 Å². The van der Waals surface area contributed by atoms with Crippen LogP contribution in [0.2, 0.25) is 0 Å². The molecule has 1 amide bonds. The molecule has 0 aliphatic carbocycles. The van der Waals surface area contributed by atoms with Gasteiger partial charge in [0.05, 0.1) is 30.2 Å². The van der Waals surface area contributed by atoms with Gasteiger partial charge >= 0.3 is 0 Å². The summed E-state index contributed by atoms with van der Waals surface area (Å²) in [7, 11) is 0. The molecule has 2 aromatic carbocycles. The van der Waals surface area contributed by atoms with Crippen LogP contribution in [0, 0.1) is 5.82 Å². The zero-order chi connectivity index (χ0) is 17.2. The van der Waals surface area contributed by atoms with Gasteiger partial charge in [-0.15, -0.1) is 0 Å². The molecule has 2 aliphatic rings. The van der Waals surface area contributed by atoms with Crippen molar-refractivity contribution in [3.63, 3.8) is 0 Å². The number of nitrogens with one attached hydrogen (secondary N) is 1. The van der Waals surface area contributed by atoms with E-state index >= 15 is 0 Å². The first-order valence-corrected chi connectivity index (χ1v) is 8.22. The molecule has 0 saturated carbocycles. The van der Waals surface area contributed by atoms with Crippen molar-refractivity contribution in [3.05, 3.63) is 66.1 Å². The van der Waals surface area contributed by atoms with Crippen molar-refractivity contribution in [1.82, 2.24) is 5.01 Å². The number of hydrazine groups is 1. The Balaban J connectivity index is 1.75. The number of amides is 1. The number of rotatable bonds is 3. The predicted molar refractivity (Wildman–Crippen MR) is 94.3 cm³/mol. The number of benzene rings is 2. The Morgan fingerprint density at radius 2 is 1.88 bits per heavy atom. The second-order valence-electron chi connectivity index (χ2n) is 5.93. The van der Waals surface area contributed by atoms with E-state index in [1.807, 2.05) is 41.5 Å². The summed E-state index contributed by atoms with van der Waals surface area (Å²) < 4.78 is 18.9. The number of fused-ring (bicyclic) bond motifs is 1. The highest BCUT2D eigenvalue weighted by Gasteiger charge is 2.27. The average molecular weight is 339 g/mol. The second-order valence-corrected chi connectivity index (χ2v) is 5.93. The Labute approximate surface area is 145 Å². The number of hydrogen-bond donors (Lipinski definition) is 1. The predicted octanol–water partition coefficient (Wildman–Crippen LogP) is 2.87. The number of hydrogen-bond acceptors (Lipinski definition) is 4. The van der Waals surface area contributed by atoms with Crippen LogP contribution in [0.25, 0.3) is 5.57 Å². The van der Waals surface area contributed by atoms with Gasteiger partial charge in [-0.3, -0.25) is 9.80 Å². The zero-order valence-electron chi connectivity index (χ0n) is 13.6. The number of carbonyl (C=O) groups is 1. The van der Waals surface area contributed by atoms with Gasteiger partial charge in [-0.05, 0) is 30.3 Å². The number of morpholine rings is 1. The van der Waals surface area contributed by atoms with Crippen LogP contribution >= 0.6 is 0 Å². The van der Waals surface area contributed by atoms with Crippen LogP contribution in [0.3, 0.4) is 0 Å². The minimum absolute atomic E-state index is 0.227. The van der Waals surface area contributed by atoms with Crippen molar-refractivity contribution in [1.29, 1.82) is 0 Å². The van der Waals surface area contributed by atoms with Crippen LogP contribution in [-0.2, 0) is 9.53 Å². The number of carbonyl (C=O) groups excluding carboxylic acids is 1. The van der Waals surface area contributed by atoms with E-state index in [4.69, 9.17) is 4.74 Å². The molecule has 0 spiro atoms. The van der Waals surface area contributed by atoms with Gasteiger partial charge in [0.25, 0.3) is 5.91 Å². The van der Waals surface area contributed by atoms with E-state index in [0.29, 0.717) is 30.0 Å². The fourth-order valence-corrected chi connectivity index (χ4v) is 3.09. The maximum Gasteiger partial charge on any atom is 0.257 e. The van der Waals surface area contributed by atoms with Gasteiger partial charge in [-0.1, -0.05) is 18.2 Å². The fourth-order valence-electron chi connectivity index (χ4n) is 3.09. The van der Waals surface area contributed by atoms with Crippen molar-refractivity contribution in [2.45, 2.75) is 0 Å². The van der Waals surface area contributed by atoms with Crippen LogP contribution in [0.15, 0.2) is 54.7 Å². The monoisotopic (exact) mass is 339 g/mol. The third-order valence-corrected chi connectivity index (χ3v) is 4.33.